The van der Waals surface area contributed by atoms with Crippen LogP contribution in [0.4, 0.5) is 8.78 Å². The van der Waals surface area contributed by atoms with Crippen molar-refractivity contribution in [3.05, 3.63) is 70.3 Å². The molecule has 0 bridgehead atoms. The molecule has 3 rings (SSSR count). The van der Waals surface area contributed by atoms with Crippen LogP contribution in [0.15, 0.2) is 36.4 Å². The Kier molecular flexibility index (Phi) is 4.25. The van der Waals surface area contributed by atoms with Crippen LogP contribution in [0.1, 0.15) is 41.5 Å². The Morgan fingerprint density at radius 3 is 1.95 bits per heavy atom. The van der Waals surface area contributed by atoms with E-state index in [1.165, 1.54) is 12.1 Å². The summed E-state index contributed by atoms with van der Waals surface area (Å²) >= 11 is 0. The van der Waals surface area contributed by atoms with E-state index in [-0.39, 0.29) is 30.1 Å². The number of aliphatic hydroxyl groups excluding tert-OH is 1. The first kappa shape index (κ1) is 15.2. The summed E-state index contributed by atoms with van der Waals surface area (Å²) in [6.45, 7) is 2.11. The third kappa shape index (κ3) is 2.91. The lowest BCUT2D eigenvalue weighted by Gasteiger charge is -2.23. The molecule has 1 nitrogen and oxygen atoms in total. The highest BCUT2D eigenvalue weighted by Gasteiger charge is 2.25. The summed E-state index contributed by atoms with van der Waals surface area (Å²) in [5.74, 6) is -0.246. The van der Waals surface area contributed by atoms with E-state index >= 15 is 0 Å². The van der Waals surface area contributed by atoms with Crippen molar-refractivity contribution >= 4 is 0 Å². The summed E-state index contributed by atoms with van der Waals surface area (Å²) in [4.78, 5) is 0. The number of hydrogen-bond donors (Lipinski definition) is 1. The van der Waals surface area contributed by atoms with Crippen LogP contribution < -0.4 is 0 Å². The number of aryl methyl sites for hydroxylation is 2. The average molecular weight is 302 g/mol. The van der Waals surface area contributed by atoms with Gasteiger partial charge in [0, 0.05) is 12.5 Å². The monoisotopic (exact) mass is 302 g/mol. The molecule has 0 radical (unpaired) electrons. The van der Waals surface area contributed by atoms with Gasteiger partial charge >= 0.3 is 0 Å². The van der Waals surface area contributed by atoms with Crippen LogP contribution in [0.25, 0.3) is 0 Å². The lowest BCUT2D eigenvalue weighted by atomic mass is 9.82. The van der Waals surface area contributed by atoms with E-state index < -0.39 is 0 Å². The molecule has 0 heterocycles. The van der Waals surface area contributed by atoms with Crippen molar-refractivity contribution in [3.63, 3.8) is 0 Å². The zero-order valence-electron chi connectivity index (χ0n) is 12.7. The summed E-state index contributed by atoms with van der Waals surface area (Å²) in [7, 11) is 0. The van der Waals surface area contributed by atoms with Gasteiger partial charge in [0.1, 0.15) is 11.6 Å². The van der Waals surface area contributed by atoms with Crippen LogP contribution >= 0.6 is 0 Å². The van der Waals surface area contributed by atoms with Crippen LogP contribution in [0.5, 0.6) is 0 Å². The first-order valence-electron chi connectivity index (χ1n) is 7.76. The van der Waals surface area contributed by atoms with E-state index in [2.05, 4.69) is 0 Å². The normalized spacial score (nSPS) is 15.8. The molecule has 1 atom stereocenters. The fourth-order valence-corrected chi connectivity index (χ4v) is 3.43. The lowest BCUT2D eigenvalue weighted by Crippen LogP contribution is -2.11. The van der Waals surface area contributed by atoms with E-state index in [1.54, 1.807) is 12.1 Å². The maximum absolute atomic E-state index is 13.6. The Hall–Kier alpha value is -1.74. The minimum absolute atomic E-state index is 0.0795. The van der Waals surface area contributed by atoms with Crippen LogP contribution in [0.3, 0.4) is 0 Å². The quantitative estimate of drug-likeness (QED) is 0.900. The third-order valence-electron chi connectivity index (χ3n) is 4.57. The van der Waals surface area contributed by atoms with Gasteiger partial charge in [0.2, 0.25) is 0 Å². The van der Waals surface area contributed by atoms with E-state index in [4.69, 9.17) is 0 Å². The zero-order chi connectivity index (χ0) is 15.7. The number of hydrogen-bond acceptors (Lipinski definition) is 1. The van der Waals surface area contributed by atoms with Gasteiger partial charge in [-0.1, -0.05) is 19.1 Å². The topological polar surface area (TPSA) is 20.2 Å². The van der Waals surface area contributed by atoms with Crippen LogP contribution in [0.2, 0.25) is 0 Å². The number of halogens is 2. The van der Waals surface area contributed by atoms with Gasteiger partial charge in [-0.3, -0.25) is 0 Å². The number of aliphatic hydroxyl groups is 1. The molecule has 0 saturated carbocycles. The molecule has 0 spiro atoms. The molecule has 1 unspecified atom stereocenters. The molecule has 2 aromatic carbocycles. The van der Waals surface area contributed by atoms with Crippen LogP contribution in [-0.4, -0.2) is 11.7 Å². The Bertz CT molecular complexity index is 628. The molecular formula is C19H20F2O. The van der Waals surface area contributed by atoms with Gasteiger partial charge in [0.25, 0.3) is 0 Å². The Morgan fingerprint density at radius 2 is 1.50 bits per heavy atom. The Balaban J connectivity index is 2.11. The van der Waals surface area contributed by atoms with E-state index in [0.717, 1.165) is 28.7 Å². The molecule has 116 valence electrons. The molecule has 0 fully saturated rings. The fraction of sp³-hybridized carbons (Fsp3) is 0.368. The maximum atomic E-state index is 13.6. The van der Waals surface area contributed by atoms with Crippen molar-refractivity contribution in [3.8, 4) is 0 Å². The second-order valence-corrected chi connectivity index (χ2v) is 6.26. The molecule has 0 aliphatic heterocycles. The van der Waals surface area contributed by atoms with E-state index in [1.807, 2.05) is 19.1 Å². The number of fused-ring (bicyclic) bond motifs is 2. The van der Waals surface area contributed by atoms with Crippen molar-refractivity contribution < 1.29 is 13.9 Å². The van der Waals surface area contributed by atoms with E-state index in [0.29, 0.717) is 12.8 Å². The van der Waals surface area contributed by atoms with Crippen molar-refractivity contribution in [1.82, 2.24) is 0 Å². The van der Waals surface area contributed by atoms with Gasteiger partial charge in [-0.15, -0.1) is 0 Å². The summed E-state index contributed by atoms with van der Waals surface area (Å²) in [6, 6.07) is 9.85. The molecular weight excluding hydrogens is 282 g/mol. The van der Waals surface area contributed by atoms with Gasteiger partial charge in [0.15, 0.2) is 0 Å². The molecule has 0 saturated heterocycles. The smallest absolute Gasteiger partial charge is 0.123 e. The van der Waals surface area contributed by atoms with Crippen LogP contribution in [-0.2, 0) is 12.8 Å². The molecule has 0 aromatic heterocycles. The highest BCUT2D eigenvalue weighted by molar-refractivity contribution is 5.45. The predicted molar refractivity (Wildman–Crippen MR) is 82.9 cm³/mol. The number of rotatable bonds is 3. The van der Waals surface area contributed by atoms with E-state index in [9.17, 15) is 13.9 Å². The Morgan fingerprint density at radius 1 is 1.00 bits per heavy atom. The van der Waals surface area contributed by atoms with Gasteiger partial charge in [-0.25, -0.2) is 8.78 Å². The average Bonchev–Trinajstić information content (AvgIpc) is 2.64. The minimum atomic E-state index is -0.232. The van der Waals surface area contributed by atoms with Crippen LogP contribution in [0, 0.1) is 17.6 Å². The summed E-state index contributed by atoms with van der Waals surface area (Å²) < 4.78 is 27.2. The molecule has 3 heteroatoms. The zero-order valence-corrected chi connectivity index (χ0v) is 12.7. The molecule has 2 aromatic rings. The highest BCUT2D eigenvalue weighted by atomic mass is 19.1. The first-order chi connectivity index (χ1) is 10.6. The standard InChI is InChI=1S/C19H20F2O/c1-12(11-22)8-19-17-6-4-15(20)9-13(17)2-3-14-10-16(21)5-7-18(14)19/h4-7,9-10,12,19,22H,2-3,8,11H2,1H3. The van der Waals surface area contributed by atoms with Crippen molar-refractivity contribution in [2.24, 2.45) is 5.92 Å². The summed E-state index contributed by atoms with van der Waals surface area (Å²) in [5.41, 5.74) is 4.19. The van der Waals surface area contributed by atoms with Gasteiger partial charge in [-0.2, -0.15) is 0 Å². The van der Waals surface area contributed by atoms with Crippen molar-refractivity contribution in [2.45, 2.75) is 32.1 Å². The van der Waals surface area contributed by atoms with Crippen molar-refractivity contribution in [1.29, 1.82) is 0 Å². The first-order valence-corrected chi connectivity index (χ1v) is 7.76. The second-order valence-electron chi connectivity index (χ2n) is 6.26. The SMILES string of the molecule is CC(CO)CC1c2ccc(F)cc2CCc2cc(F)ccc21. The molecule has 1 aliphatic carbocycles. The predicted octanol–water partition coefficient (Wildman–Crippen LogP) is 4.21. The molecule has 1 N–H and O–H groups in total. The van der Waals surface area contributed by atoms with Crippen molar-refractivity contribution in [2.75, 3.05) is 6.61 Å². The van der Waals surface area contributed by atoms with Gasteiger partial charge < -0.3 is 5.11 Å². The third-order valence-corrected chi connectivity index (χ3v) is 4.57. The largest absolute Gasteiger partial charge is 0.396 e. The molecule has 22 heavy (non-hydrogen) atoms. The van der Waals surface area contributed by atoms with Gasteiger partial charge in [-0.05, 0) is 71.7 Å². The Labute approximate surface area is 129 Å². The molecule has 1 aliphatic rings. The fourth-order valence-electron chi connectivity index (χ4n) is 3.43. The summed E-state index contributed by atoms with van der Waals surface area (Å²) in [6.07, 6.45) is 2.20. The molecule has 0 amide bonds. The minimum Gasteiger partial charge on any atom is -0.396 e. The van der Waals surface area contributed by atoms with Gasteiger partial charge in [0.05, 0.1) is 0 Å². The second kappa shape index (κ2) is 6.17. The number of benzene rings is 2. The maximum Gasteiger partial charge on any atom is 0.123 e. The highest BCUT2D eigenvalue weighted by Crippen LogP contribution is 2.38. The summed E-state index contributed by atoms with van der Waals surface area (Å²) in [5, 5.41) is 9.40. The lowest BCUT2D eigenvalue weighted by molar-refractivity contribution is 0.226.